The molecule has 1 aromatic heterocycles. The first-order valence-electron chi connectivity index (χ1n) is 6.72. The van der Waals surface area contributed by atoms with Crippen molar-refractivity contribution in [1.29, 1.82) is 0 Å². The molecule has 1 heterocycles. The third kappa shape index (κ3) is 3.68. The molecule has 0 fully saturated rings. The van der Waals surface area contributed by atoms with Crippen molar-refractivity contribution >= 4 is 18.2 Å². The third-order valence-electron chi connectivity index (χ3n) is 3.27. The van der Waals surface area contributed by atoms with Crippen LogP contribution in [-0.2, 0) is 6.42 Å². The highest BCUT2D eigenvalue weighted by molar-refractivity contribution is 7.84. The van der Waals surface area contributed by atoms with Crippen molar-refractivity contribution in [3.63, 3.8) is 0 Å². The van der Waals surface area contributed by atoms with E-state index in [1.165, 1.54) is 6.07 Å². The number of pyridine rings is 1. The second-order valence-electron chi connectivity index (χ2n) is 5.07. The van der Waals surface area contributed by atoms with Crippen LogP contribution in [0.3, 0.4) is 0 Å². The maximum absolute atomic E-state index is 14.3. The van der Waals surface area contributed by atoms with Crippen LogP contribution in [0, 0.1) is 12.7 Å². The molecule has 2 rings (SSSR count). The number of nitrogens with zero attached hydrogens (tertiary/aromatic N) is 1. The fourth-order valence-corrected chi connectivity index (χ4v) is 2.55. The van der Waals surface area contributed by atoms with E-state index in [1.54, 1.807) is 18.3 Å². The Balaban J connectivity index is 2.34. The highest BCUT2D eigenvalue weighted by Crippen LogP contribution is 2.25. The normalized spacial score (nSPS) is 12.0. The Hall–Kier alpha value is -2.27. The van der Waals surface area contributed by atoms with Crippen molar-refractivity contribution in [3.05, 3.63) is 82.0 Å². The lowest BCUT2D eigenvalue weighted by Crippen LogP contribution is -2.05. The van der Waals surface area contributed by atoms with E-state index >= 15 is 0 Å². The number of hydrogen-bond donors (Lipinski definition) is 3. The number of hydrogen-bond acceptors (Lipinski definition) is 4. The van der Waals surface area contributed by atoms with E-state index in [1.807, 2.05) is 19.1 Å². The molecule has 1 aromatic carbocycles. The van der Waals surface area contributed by atoms with Gasteiger partial charge in [0.05, 0.1) is 5.03 Å². The van der Waals surface area contributed by atoms with Crippen LogP contribution in [0.4, 0.5) is 4.39 Å². The van der Waals surface area contributed by atoms with Gasteiger partial charge in [-0.2, -0.15) is 0 Å². The Kier molecular flexibility index (Phi) is 4.88. The molecular weight excluding hydrogens is 297 g/mol. The highest BCUT2D eigenvalue weighted by atomic mass is 32.1. The van der Waals surface area contributed by atoms with Gasteiger partial charge < -0.3 is 11.5 Å². The monoisotopic (exact) mass is 315 g/mol. The first kappa shape index (κ1) is 16.1. The Morgan fingerprint density at radius 1 is 1.27 bits per heavy atom. The maximum atomic E-state index is 14.3. The van der Waals surface area contributed by atoms with Crippen LogP contribution in [0.15, 0.2) is 53.8 Å². The zero-order valence-electron chi connectivity index (χ0n) is 12.3. The largest absolute Gasteiger partial charge is 0.399 e. The summed E-state index contributed by atoms with van der Waals surface area (Å²) in [5.74, 6) is -0.319. The van der Waals surface area contributed by atoms with Crippen molar-refractivity contribution in [2.24, 2.45) is 11.5 Å². The SMILES string of the molecule is C=C(N)/C(=C(\N)S)c1ccc(Cc2ccnc(C)c2)c(F)c1. The third-order valence-corrected chi connectivity index (χ3v) is 3.50. The summed E-state index contributed by atoms with van der Waals surface area (Å²) < 4.78 is 14.3. The van der Waals surface area contributed by atoms with Crippen molar-refractivity contribution in [1.82, 2.24) is 4.98 Å². The zero-order chi connectivity index (χ0) is 16.3. The molecule has 0 aliphatic heterocycles. The number of aryl methyl sites for hydroxylation is 1. The average molecular weight is 315 g/mol. The summed E-state index contributed by atoms with van der Waals surface area (Å²) in [6, 6.07) is 8.70. The summed E-state index contributed by atoms with van der Waals surface area (Å²) >= 11 is 4.08. The Labute approximate surface area is 135 Å². The molecule has 4 N–H and O–H groups in total. The minimum atomic E-state index is -0.319. The lowest BCUT2D eigenvalue weighted by molar-refractivity contribution is 0.613. The van der Waals surface area contributed by atoms with Gasteiger partial charge in [0.25, 0.3) is 0 Å². The van der Waals surface area contributed by atoms with E-state index in [0.717, 1.165) is 11.3 Å². The first-order valence-corrected chi connectivity index (χ1v) is 7.17. The van der Waals surface area contributed by atoms with Crippen molar-refractivity contribution < 1.29 is 4.39 Å². The number of rotatable bonds is 4. The summed E-state index contributed by atoms with van der Waals surface area (Å²) in [6.07, 6.45) is 2.21. The molecule has 0 amide bonds. The summed E-state index contributed by atoms with van der Waals surface area (Å²) in [4.78, 5) is 4.13. The predicted octanol–water partition coefficient (Wildman–Crippen LogP) is 3.15. The van der Waals surface area contributed by atoms with Crippen LogP contribution < -0.4 is 11.5 Å². The molecule has 22 heavy (non-hydrogen) atoms. The molecule has 0 atom stereocenters. The van der Waals surface area contributed by atoms with Crippen LogP contribution in [-0.4, -0.2) is 4.98 Å². The number of halogens is 1. The highest BCUT2D eigenvalue weighted by Gasteiger charge is 2.11. The van der Waals surface area contributed by atoms with Crippen molar-refractivity contribution in [3.8, 4) is 0 Å². The zero-order valence-corrected chi connectivity index (χ0v) is 13.2. The van der Waals surface area contributed by atoms with Gasteiger partial charge in [-0.1, -0.05) is 18.7 Å². The molecule has 2 aromatic rings. The van der Waals surface area contributed by atoms with Crippen LogP contribution in [0.2, 0.25) is 0 Å². The predicted molar refractivity (Wildman–Crippen MR) is 91.6 cm³/mol. The molecule has 0 saturated carbocycles. The van der Waals surface area contributed by atoms with Gasteiger partial charge in [0.15, 0.2) is 0 Å². The molecule has 0 spiro atoms. The topological polar surface area (TPSA) is 64.9 Å². The van der Waals surface area contributed by atoms with E-state index in [0.29, 0.717) is 23.1 Å². The Morgan fingerprint density at radius 2 is 2.00 bits per heavy atom. The van der Waals surface area contributed by atoms with Gasteiger partial charge in [-0.3, -0.25) is 4.98 Å². The van der Waals surface area contributed by atoms with Gasteiger partial charge in [-0.25, -0.2) is 4.39 Å². The molecular formula is C17H18FN3S. The van der Waals surface area contributed by atoms with Gasteiger partial charge in [0.2, 0.25) is 0 Å². The minimum absolute atomic E-state index is 0.212. The maximum Gasteiger partial charge on any atom is 0.127 e. The smallest absolute Gasteiger partial charge is 0.127 e. The molecule has 3 nitrogen and oxygen atoms in total. The molecule has 0 saturated heterocycles. The molecule has 0 aliphatic rings. The minimum Gasteiger partial charge on any atom is -0.399 e. The van der Waals surface area contributed by atoms with Gasteiger partial charge in [-0.15, -0.1) is 12.6 Å². The average Bonchev–Trinajstić information content (AvgIpc) is 2.41. The second kappa shape index (κ2) is 6.66. The van der Waals surface area contributed by atoms with E-state index in [2.05, 4.69) is 24.2 Å². The Bertz CT molecular complexity index is 749. The molecule has 0 unspecified atom stereocenters. The molecule has 5 heteroatoms. The summed E-state index contributed by atoms with van der Waals surface area (Å²) in [5, 5.41) is 0.212. The lowest BCUT2D eigenvalue weighted by atomic mass is 9.99. The summed E-state index contributed by atoms with van der Waals surface area (Å²) in [6.45, 7) is 5.55. The van der Waals surface area contributed by atoms with E-state index in [-0.39, 0.29) is 16.5 Å². The van der Waals surface area contributed by atoms with Gasteiger partial charge in [0, 0.05) is 29.6 Å². The fraction of sp³-hybridized carbons (Fsp3) is 0.118. The number of benzene rings is 1. The molecule has 0 radical (unpaired) electrons. The number of nitrogens with two attached hydrogens (primary N) is 2. The van der Waals surface area contributed by atoms with Crippen LogP contribution >= 0.6 is 12.6 Å². The summed E-state index contributed by atoms with van der Waals surface area (Å²) in [5.41, 5.74) is 15.1. The number of aromatic nitrogens is 1. The van der Waals surface area contributed by atoms with Crippen LogP contribution in [0.5, 0.6) is 0 Å². The second-order valence-corrected chi connectivity index (χ2v) is 5.56. The van der Waals surface area contributed by atoms with E-state index in [4.69, 9.17) is 11.5 Å². The van der Waals surface area contributed by atoms with Gasteiger partial charge >= 0.3 is 0 Å². The number of allylic oxidation sites excluding steroid dienone is 1. The van der Waals surface area contributed by atoms with Gasteiger partial charge in [-0.05, 0) is 41.8 Å². The van der Waals surface area contributed by atoms with E-state index < -0.39 is 0 Å². The standard InChI is InChI=1S/C17H18FN3S/c1-10-7-12(5-6-21-10)8-13-3-4-14(9-15(13)18)16(11(2)19)17(20)22/h3-7,9,22H,2,8,19-20H2,1H3/b17-16-. The molecule has 0 bridgehead atoms. The first-order chi connectivity index (χ1) is 10.4. The number of thiol groups is 1. The van der Waals surface area contributed by atoms with Crippen molar-refractivity contribution in [2.75, 3.05) is 0 Å². The van der Waals surface area contributed by atoms with Crippen molar-refractivity contribution in [2.45, 2.75) is 13.3 Å². The quantitative estimate of drug-likeness (QED) is 0.600. The Morgan fingerprint density at radius 3 is 2.55 bits per heavy atom. The lowest BCUT2D eigenvalue weighted by Gasteiger charge is -2.11. The van der Waals surface area contributed by atoms with Crippen LogP contribution in [0.25, 0.3) is 5.57 Å². The fourth-order valence-electron chi connectivity index (χ4n) is 2.28. The molecule has 114 valence electrons. The van der Waals surface area contributed by atoms with E-state index in [9.17, 15) is 4.39 Å². The summed E-state index contributed by atoms with van der Waals surface area (Å²) in [7, 11) is 0. The van der Waals surface area contributed by atoms with Gasteiger partial charge in [0.1, 0.15) is 5.82 Å². The molecule has 0 aliphatic carbocycles. The van der Waals surface area contributed by atoms with Crippen LogP contribution in [0.1, 0.15) is 22.4 Å².